The molecule has 2 aromatic carbocycles. The molecule has 0 spiro atoms. The second-order valence-corrected chi connectivity index (χ2v) is 5.10. The molecule has 92 valence electrons. The van der Waals surface area contributed by atoms with Gasteiger partial charge in [-0.3, -0.25) is 4.79 Å². The molecule has 0 amide bonds. The minimum Gasteiger partial charge on any atom is -0.307 e. The fourth-order valence-electron chi connectivity index (χ4n) is 3.03. The highest BCUT2D eigenvalue weighted by atomic mass is 16.1. The van der Waals surface area contributed by atoms with Gasteiger partial charge in [0, 0.05) is 5.92 Å². The van der Waals surface area contributed by atoms with E-state index in [0.29, 0.717) is 5.92 Å². The van der Waals surface area contributed by atoms with Gasteiger partial charge in [0.25, 0.3) is 0 Å². The first kappa shape index (κ1) is 11.4. The lowest BCUT2D eigenvalue weighted by Gasteiger charge is -2.14. The van der Waals surface area contributed by atoms with Crippen LogP contribution in [0.25, 0.3) is 10.8 Å². The van der Waals surface area contributed by atoms with E-state index < -0.39 is 0 Å². The number of ketones is 1. The van der Waals surface area contributed by atoms with Crippen LogP contribution in [-0.4, -0.2) is 18.4 Å². The lowest BCUT2D eigenvalue weighted by molar-refractivity contribution is -0.119. The van der Waals surface area contributed by atoms with Gasteiger partial charge in [-0.1, -0.05) is 42.5 Å². The Balaban J connectivity index is 2.10. The van der Waals surface area contributed by atoms with Crippen molar-refractivity contribution in [3.63, 3.8) is 0 Å². The van der Waals surface area contributed by atoms with Gasteiger partial charge >= 0.3 is 0 Å². The molecule has 1 unspecified atom stereocenters. The molecule has 1 aliphatic rings. The number of likely N-dealkylation sites (N-methyl/N-ethyl adjacent to an activating group) is 1. The molecular formula is C16H17NO. The third-order valence-corrected chi connectivity index (χ3v) is 4.23. The summed E-state index contributed by atoms with van der Waals surface area (Å²) in [6.45, 7) is 1.68. The number of rotatable bonds is 3. The highest BCUT2D eigenvalue weighted by Gasteiger charge is 2.57. The van der Waals surface area contributed by atoms with Gasteiger partial charge < -0.3 is 5.32 Å². The number of nitrogens with one attached hydrogen (secondary N) is 1. The average molecular weight is 239 g/mol. The molecule has 0 radical (unpaired) electrons. The van der Waals surface area contributed by atoms with E-state index in [9.17, 15) is 4.79 Å². The summed E-state index contributed by atoms with van der Waals surface area (Å²) >= 11 is 0. The van der Waals surface area contributed by atoms with E-state index >= 15 is 0 Å². The minimum absolute atomic E-state index is 0.239. The summed E-state index contributed by atoms with van der Waals surface area (Å²) < 4.78 is 0. The molecule has 2 aromatic rings. The number of Topliss-reactive ketones (excluding diaryl/α,β-unsaturated/α-hetero) is 1. The van der Waals surface area contributed by atoms with Crippen molar-refractivity contribution in [1.82, 2.24) is 5.32 Å². The Labute approximate surface area is 107 Å². The number of benzene rings is 2. The van der Waals surface area contributed by atoms with Gasteiger partial charge in [-0.2, -0.15) is 0 Å². The number of carbonyl (C=O) groups excluding carboxylic acids is 1. The van der Waals surface area contributed by atoms with Crippen LogP contribution in [0.1, 0.15) is 24.8 Å². The zero-order valence-electron chi connectivity index (χ0n) is 10.7. The van der Waals surface area contributed by atoms with E-state index in [4.69, 9.17) is 0 Å². The lowest BCUT2D eigenvalue weighted by Crippen LogP contribution is -2.36. The molecule has 0 aromatic heterocycles. The summed E-state index contributed by atoms with van der Waals surface area (Å²) in [5.74, 6) is 0.550. The third-order valence-electron chi connectivity index (χ3n) is 4.23. The maximum Gasteiger partial charge on any atom is 0.150 e. The van der Waals surface area contributed by atoms with Crippen LogP contribution in [0.5, 0.6) is 0 Å². The van der Waals surface area contributed by atoms with E-state index in [0.717, 1.165) is 6.42 Å². The Bertz CT molecular complexity index is 614. The van der Waals surface area contributed by atoms with Gasteiger partial charge in [0.05, 0.1) is 5.54 Å². The van der Waals surface area contributed by atoms with Gasteiger partial charge in [-0.15, -0.1) is 0 Å². The van der Waals surface area contributed by atoms with Crippen molar-refractivity contribution in [3.05, 3.63) is 48.0 Å². The first-order chi connectivity index (χ1) is 8.69. The quantitative estimate of drug-likeness (QED) is 0.892. The normalized spacial score (nSPS) is 26.2. The monoisotopic (exact) mass is 239 g/mol. The second-order valence-electron chi connectivity index (χ2n) is 5.10. The molecule has 1 aliphatic carbocycles. The third kappa shape index (κ3) is 1.49. The number of fused-ring (bicyclic) bond motifs is 1. The molecule has 3 rings (SSSR count). The van der Waals surface area contributed by atoms with Crippen molar-refractivity contribution in [2.75, 3.05) is 7.05 Å². The van der Waals surface area contributed by atoms with E-state index in [-0.39, 0.29) is 11.3 Å². The zero-order valence-corrected chi connectivity index (χ0v) is 10.7. The molecule has 1 N–H and O–H groups in total. The van der Waals surface area contributed by atoms with Crippen molar-refractivity contribution < 1.29 is 4.79 Å². The van der Waals surface area contributed by atoms with Crippen molar-refractivity contribution in [3.8, 4) is 0 Å². The van der Waals surface area contributed by atoms with Crippen molar-refractivity contribution in [2.24, 2.45) is 0 Å². The molecule has 2 atom stereocenters. The smallest absolute Gasteiger partial charge is 0.150 e. The Morgan fingerprint density at radius 3 is 2.61 bits per heavy atom. The van der Waals surface area contributed by atoms with Crippen LogP contribution < -0.4 is 5.32 Å². The molecule has 0 bridgehead atoms. The van der Waals surface area contributed by atoms with Crippen LogP contribution in [0, 0.1) is 0 Å². The van der Waals surface area contributed by atoms with Crippen molar-refractivity contribution in [2.45, 2.75) is 24.8 Å². The first-order valence-electron chi connectivity index (χ1n) is 6.36. The Kier molecular flexibility index (Phi) is 2.49. The van der Waals surface area contributed by atoms with Crippen molar-refractivity contribution >= 4 is 16.6 Å². The standard InChI is InChI=1S/C16H17NO/c1-11(18)16(17-2)10-15(16)14-9-5-7-12-6-3-4-8-13(12)14/h3-9,15,17H,10H2,1-2H3/t15-,16?/m0/s1. The highest BCUT2D eigenvalue weighted by molar-refractivity contribution is 5.94. The van der Waals surface area contributed by atoms with Crippen molar-refractivity contribution in [1.29, 1.82) is 0 Å². The fourth-order valence-corrected chi connectivity index (χ4v) is 3.03. The molecule has 0 aliphatic heterocycles. The Hall–Kier alpha value is -1.67. The van der Waals surface area contributed by atoms with E-state index in [1.807, 2.05) is 7.05 Å². The lowest BCUT2D eigenvalue weighted by atomic mass is 9.97. The van der Waals surface area contributed by atoms with Crippen LogP contribution in [0.2, 0.25) is 0 Å². The summed E-state index contributed by atoms with van der Waals surface area (Å²) in [7, 11) is 1.88. The minimum atomic E-state index is -0.329. The van der Waals surface area contributed by atoms with Crippen LogP contribution in [-0.2, 0) is 4.79 Å². The van der Waals surface area contributed by atoms with Gasteiger partial charge in [-0.05, 0) is 36.7 Å². The maximum atomic E-state index is 11.8. The van der Waals surface area contributed by atoms with Crippen LogP contribution in [0.15, 0.2) is 42.5 Å². The molecule has 2 nitrogen and oxygen atoms in total. The Morgan fingerprint density at radius 1 is 1.22 bits per heavy atom. The Morgan fingerprint density at radius 2 is 1.94 bits per heavy atom. The zero-order chi connectivity index (χ0) is 12.8. The van der Waals surface area contributed by atoms with Gasteiger partial charge in [0.1, 0.15) is 5.78 Å². The van der Waals surface area contributed by atoms with Gasteiger partial charge in [0.2, 0.25) is 0 Å². The molecule has 0 heterocycles. The van der Waals surface area contributed by atoms with E-state index in [2.05, 4.69) is 47.8 Å². The van der Waals surface area contributed by atoms with Gasteiger partial charge in [-0.25, -0.2) is 0 Å². The molecule has 1 fully saturated rings. The van der Waals surface area contributed by atoms with Gasteiger partial charge in [0.15, 0.2) is 0 Å². The largest absolute Gasteiger partial charge is 0.307 e. The second kappa shape index (κ2) is 3.92. The predicted molar refractivity (Wildman–Crippen MR) is 73.8 cm³/mol. The van der Waals surface area contributed by atoms with E-state index in [1.54, 1.807) is 6.92 Å². The summed E-state index contributed by atoms with van der Waals surface area (Å²) in [6.07, 6.45) is 0.910. The number of hydrogen-bond donors (Lipinski definition) is 1. The molecule has 1 saturated carbocycles. The number of hydrogen-bond acceptors (Lipinski definition) is 2. The summed E-state index contributed by atoms with van der Waals surface area (Å²) in [5, 5.41) is 5.73. The summed E-state index contributed by atoms with van der Waals surface area (Å²) in [5.41, 5.74) is 0.960. The maximum absolute atomic E-state index is 11.8. The number of carbonyl (C=O) groups is 1. The van der Waals surface area contributed by atoms with Crippen LogP contribution in [0.4, 0.5) is 0 Å². The van der Waals surface area contributed by atoms with Crippen LogP contribution in [0.3, 0.4) is 0 Å². The SMILES string of the molecule is CNC1(C(C)=O)C[C@H]1c1cccc2ccccc12. The molecular weight excluding hydrogens is 222 g/mol. The first-order valence-corrected chi connectivity index (χ1v) is 6.36. The molecule has 18 heavy (non-hydrogen) atoms. The molecule has 0 saturated heterocycles. The summed E-state index contributed by atoms with van der Waals surface area (Å²) in [4.78, 5) is 11.8. The predicted octanol–water partition coefficient (Wildman–Crippen LogP) is 2.87. The average Bonchev–Trinajstić information content (AvgIpc) is 3.14. The topological polar surface area (TPSA) is 29.1 Å². The van der Waals surface area contributed by atoms with Crippen LogP contribution >= 0.6 is 0 Å². The summed E-state index contributed by atoms with van der Waals surface area (Å²) in [6, 6.07) is 14.7. The fraction of sp³-hybridized carbons (Fsp3) is 0.312. The highest BCUT2D eigenvalue weighted by Crippen LogP contribution is 2.53. The van der Waals surface area contributed by atoms with E-state index in [1.165, 1.54) is 16.3 Å². The molecule has 2 heteroatoms.